The number of nitrogens with zero attached hydrogens (tertiary/aromatic N) is 2. The molecule has 6 nitrogen and oxygen atoms in total. The third-order valence-electron chi connectivity index (χ3n) is 5.00. The molecule has 0 spiro atoms. The van der Waals surface area contributed by atoms with Crippen LogP contribution >= 0.6 is 0 Å². The van der Waals surface area contributed by atoms with Crippen molar-refractivity contribution in [3.05, 3.63) is 0 Å². The highest BCUT2D eigenvalue weighted by Crippen LogP contribution is 2.19. The molecule has 0 bridgehead atoms. The van der Waals surface area contributed by atoms with E-state index in [1.807, 2.05) is 0 Å². The lowest BCUT2D eigenvalue weighted by molar-refractivity contribution is 0.0413. The fourth-order valence-corrected chi connectivity index (χ4v) is 3.36. The second-order valence-electron chi connectivity index (χ2n) is 7.53. The van der Waals surface area contributed by atoms with Gasteiger partial charge in [0.1, 0.15) is 0 Å². The van der Waals surface area contributed by atoms with Crippen LogP contribution in [0.3, 0.4) is 0 Å². The summed E-state index contributed by atoms with van der Waals surface area (Å²) in [4.78, 5) is 7.01. The zero-order valence-electron chi connectivity index (χ0n) is 18.1. The predicted octanol–water partition coefficient (Wildman–Crippen LogP) is 3.03. The van der Waals surface area contributed by atoms with Crippen LogP contribution in [0.5, 0.6) is 0 Å². The molecule has 160 valence electrons. The van der Waals surface area contributed by atoms with Crippen LogP contribution in [0.4, 0.5) is 0 Å². The van der Waals surface area contributed by atoms with Crippen LogP contribution in [0.2, 0.25) is 0 Å². The van der Waals surface area contributed by atoms with Crippen molar-refractivity contribution in [2.75, 3.05) is 60.1 Å². The lowest BCUT2D eigenvalue weighted by Gasteiger charge is -2.18. The van der Waals surface area contributed by atoms with E-state index >= 15 is 0 Å². The average molecular weight is 385 g/mol. The molecule has 0 saturated heterocycles. The number of guanidine groups is 1. The minimum absolute atomic E-state index is 0.510. The molecule has 1 aliphatic carbocycles. The molecule has 6 heteroatoms. The number of rotatable bonds is 14. The highest BCUT2D eigenvalue weighted by molar-refractivity contribution is 5.79. The Morgan fingerprint density at radius 3 is 2.48 bits per heavy atom. The lowest BCUT2D eigenvalue weighted by Crippen LogP contribution is -2.41. The minimum atomic E-state index is 0.510. The molecule has 0 aromatic carbocycles. The summed E-state index contributed by atoms with van der Waals surface area (Å²) < 4.78 is 11.2. The van der Waals surface area contributed by atoms with Crippen LogP contribution < -0.4 is 10.6 Å². The Balaban J connectivity index is 2.09. The maximum atomic E-state index is 6.05. The summed E-state index contributed by atoms with van der Waals surface area (Å²) in [5.41, 5.74) is 0. The molecule has 0 heterocycles. The van der Waals surface area contributed by atoms with Gasteiger partial charge in [-0.25, -0.2) is 0 Å². The van der Waals surface area contributed by atoms with Gasteiger partial charge in [0.25, 0.3) is 0 Å². The zero-order chi connectivity index (χ0) is 19.6. The van der Waals surface area contributed by atoms with Crippen LogP contribution in [0.15, 0.2) is 4.99 Å². The maximum absolute atomic E-state index is 6.05. The van der Waals surface area contributed by atoms with Gasteiger partial charge in [-0.2, -0.15) is 0 Å². The van der Waals surface area contributed by atoms with E-state index in [2.05, 4.69) is 34.5 Å². The monoisotopic (exact) mass is 384 g/mol. The molecular weight excluding hydrogens is 340 g/mol. The summed E-state index contributed by atoms with van der Waals surface area (Å²) in [7, 11) is 3.90. The van der Waals surface area contributed by atoms with Crippen LogP contribution in [0, 0.1) is 0 Å². The van der Waals surface area contributed by atoms with E-state index in [1.165, 1.54) is 38.5 Å². The van der Waals surface area contributed by atoms with Crippen molar-refractivity contribution in [1.29, 1.82) is 0 Å². The van der Waals surface area contributed by atoms with Gasteiger partial charge >= 0.3 is 0 Å². The highest BCUT2D eigenvalue weighted by Gasteiger charge is 2.11. The van der Waals surface area contributed by atoms with Crippen molar-refractivity contribution >= 4 is 5.96 Å². The standard InChI is InChI=1S/C21H44N4O2/c1-4-22-21(24-15-17-25(2)16-11-18-26-3)23-14-9-10-19-27-20-12-7-5-6-8-13-20/h20H,4-19H2,1-3H3,(H2,22,23,24). The van der Waals surface area contributed by atoms with Gasteiger partial charge in [0.05, 0.1) is 6.10 Å². The Labute approximate surface area is 167 Å². The number of unbranched alkanes of at least 4 members (excludes halogenated alkanes) is 1. The zero-order valence-corrected chi connectivity index (χ0v) is 18.1. The van der Waals surface area contributed by atoms with Gasteiger partial charge in [-0.1, -0.05) is 25.7 Å². The number of hydrogen-bond acceptors (Lipinski definition) is 4. The molecule has 0 amide bonds. The molecule has 0 atom stereocenters. The summed E-state index contributed by atoms with van der Waals surface area (Å²) >= 11 is 0. The molecule has 0 radical (unpaired) electrons. The first-order chi connectivity index (χ1) is 13.3. The summed E-state index contributed by atoms with van der Waals surface area (Å²) in [6, 6.07) is 0. The first-order valence-corrected chi connectivity index (χ1v) is 11.1. The Bertz CT molecular complexity index is 358. The largest absolute Gasteiger partial charge is 0.385 e. The van der Waals surface area contributed by atoms with Crippen LogP contribution in [0.1, 0.15) is 64.7 Å². The van der Waals surface area contributed by atoms with E-state index < -0.39 is 0 Å². The molecule has 0 aliphatic heterocycles. The maximum Gasteiger partial charge on any atom is 0.191 e. The fraction of sp³-hybridized carbons (Fsp3) is 0.952. The summed E-state index contributed by atoms with van der Waals surface area (Å²) in [5.74, 6) is 0.924. The van der Waals surface area contributed by atoms with Gasteiger partial charge in [-0.3, -0.25) is 4.99 Å². The van der Waals surface area contributed by atoms with Gasteiger partial charge in [-0.05, 0) is 46.1 Å². The Hall–Kier alpha value is -0.850. The van der Waals surface area contributed by atoms with Gasteiger partial charge in [0.15, 0.2) is 5.96 Å². The average Bonchev–Trinajstić information content (AvgIpc) is 2.93. The molecule has 1 saturated carbocycles. The topological polar surface area (TPSA) is 58.1 Å². The molecule has 1 fully saturated rings. The van der Waals surface area contributed by atoms with Crippen LogP contribution in [-0.2, 0) is 9.47 Å². The number of ether oxygens (including phenoxy) is 2. The Morgan fingerprint density at radius 2 is 1.78 bits per heavy atom. The summed E-state index contributed by atoms with van der Waals surface area (Å²) in [5, 5.41) is 6.75. The third-order valence-corrected chi connectivity index (χ3v) is 5.00. The highest BCUT2D eigenvalue weighted by atomic mass is 16.5. The molecular formula is C21H44N4O2. The molecule has 27 heavy (non-hydrogen) atoms. The van der Waals surface area contributed by atoms with E-state index in [0.717, 1.165) is 71.2 Å². The van der Waals surface area contributed by atoms with E-state index in [0.29, 0.717) is 6.10 Å². The number of hydrogen-bond donors (Lipinski definition) is 2. The third kappa shape index (κ3) is 13.9. The van der Waals surface area contributed by atoms with Crippen molar-refractivity contribution in [1.82, 2.24) is 15.5 Å². The molecule has 2 N–H and O–H groups in total. The molecule has 1 aliphatic rings. The Kier molecular flexibility index (Phi) is 15.5. The van der Waals surface area contributed by atoms with Gasteiger partial charge < -0.3 is 25.0 Å². The van der Waals surface area contributed by atoms with Crippen molar-refractivity contribution < 1.29 is 9.47 Å². The predicted molar refractivity (Wildman–Crippen MR) is 115 cm³/mol. The molecule has 1 rings (SSSR count). The molecule has 0 aromatic heterocycles. The van der Waals surface area contributed by atoms with Crippen LogP contribution in [-0.4, -0.2) is 77.1 Å². The summed E-state index contributed by atoms with van der Waals surface area (Å²) in [6.07, 6.45) is 11.7. The first-order valence-electron chi connectivity index (χ1n) is 11.1. The van der Waals surface area contributed by atoms with Crippen LogP contribution in [0.25, 0.3) is 0 Å². The van der Waals surface area contributed by atoms with Gasteiger partial charge in [0, 0.05) is 53.0 Å². The molecule has 0 aromatic rings. The van der Waals surface area contributed by atoms with Crippen molar-refractivity contribution in [2.24, 2.45) is 4.99 Å². The smallest absolute Gasteiger partial charge is 0.191 e. The van der Waals surface area contributed by atoms with Gasteiger partial charge in [0.2, 0.25) is 0 Å². The normalized spacial score (nSPS) is 16.5. The van der Waals surface area contributed by atoms with E-state index in [1.54, 1.807) is 7.11 Å². The Morgan fingerprint density at radius 1 is 1.00 bits per heavy atom. The second-order valence-corrected chi connectivity index (χ2v) is 7.53. The quantitative estimate of drug-likeness (QED) is 0.209. The molecule has 0 unspecified atom stereocenters. The second kappa shape index (κ2) is 17.3. The van der Waals surface area contributed by atoms with E-state index in [4.69, 9.17) is 9.47 Å². The fourth-order valence-electron chi connectivity index (χ4n) is 3.36. The van der Waals surface area contributed by atoms with Crippen molar-refractivity contribution in [2.45, 2.75) is 70.8 Å². The lowest BCUT2D eigenvalue weighted by atomic mass is 10.1. The van der Waals surface area contributed by atoms with E-state index in [9.17, 15) is 0 Å². The van der Waals surface area contributed by atoms with E-state index in [-0.39, 0.29) is 0 Å². The number of nitrogens with one attached hydrogen (secondary N) is 2. The minimum Gasteiger partial charge on any atom is -0.385 e. The number of aliphatic imine (C=N–C) groups is 1. The SMILES string of the molecule is CCNC(=NCCCCOC1CCCCCC1)NCCN(C)CCCOC. The first kappa shape index (κ1) is 24.2. The van der Waals surface area contributed by atoms with Gasteiger partial charge in [-0.15, -0.1) is 0 Å². The van der Waals surface area contributed by atoms with Crippen molar-refractivity contribution in [3.8, 4) is 0 Å². The van der Waals surface area contributed by atoms with Crippen molar-refractivity contribution in [3.63, 3.8) is 0 Å². The number of likely N-dealkylation sites (N-methyl/N-ethyl adjacent to an activating group) is 1. The number of methoxy groups -OCH3 is 1. The summed E-state index contributed by atoms with van der Waals surface area (Å²) in [6.45, 7) is 8.53.